The summed E-state index contributed by atoms with van der Waals surface area (Å²) in [6.07, 6.45) is 0.764. The van der Waals surface area contributed by atoms with E-state index in [1.165, 1.54) is 6.07 Å². The van der Waals surface area contributed by atoms with E-state index in [9.17, 15) is 15.0 Å². The largest absolute Gasteiger partial charge is 0.507 e. The van der Waals surface area contributed by atoms with Gasteiger partial charge in [0.05, 0.1) is 0 Å². The van der Waals surface area contributed by atoms with Crippen LogP contribution in [0.15, 0.2) is 60.7 Å². The summed E-state index contributed by atoms with van der Waals surface area (Å²) in [6, 6.07) is 18.5. The van der Waals surface area contributed by atoms with E-state index in [0.29, 0.717) is 12.1 Å². The van der Waals surface area contributed by atoms with Crippen molar-refractivity contribution in [3.63, 3.8) is 0 Å². The van der Waals surface area contributed by atoms with Crippen molar-refractivity contribution in [2.75, 3.05) is 11.4 Å². The van der Waals surface area contributed by atoms with Crippen LogP contribution in [0.2, 0.25) is 0 Å². The van der Waals surface area contributed by atoms with Gasteiger partial charge in [0, 0.05) is 23.9 Å². The number of carbonyl (C=O) groups is 1. The van der Waals surface area contributed by atoms with Crippen LogP contribution in [0.1, 0.15) is 27.0 Å². The summed E-state index contributed by atoms with van der Waals surface area (Å²) in [7, 11) is 0. The third-order valence-electron chi connectivity index (χ3n) is 5.05. The van der Waals surface area contributed by atoms with E-state index in [1.54, 1.807) is 11.8 Å². The van der Waals surface area contributed by atoms with Crippen LogP contribution in [0.3, 0.4) is 0 Å². The Morgan fingerprint density at radius 3 is 2.54 bits per heavy atom. The Balaban J connectivity index is 1.72. The van der Waals surface area contributed by atoms with Crippen molar-refractivity contribution < 1.29 is 19.7 Å². The van der Waals surface area contributed by atoms with E-state index in [2.05, 4.69) is 0 Å². The van der Waals surface area contributed by atoms with Crippen molar-refractivity contribution in [1.29, 1.82) is 0 Å². The van der Waals surface area contributed by atoms with Crippen LogP contribution in [0, 0.1) is 6.92 Å². The summed E-state index contributed by atoms with van der Waals surface area (Å²) in [4.78, 5) is 15.0. The number of phenols is 2. The molecule has 1 aliphatic heterocycles. The number of rotatable bonds is 4. The van der Waals surface area contributed by atoms with Crippen molar-refractivity contribution >= 4 is 11.6 Å². The molecule has 0 aliphatic carbocycles. The minimum Gasteiger partial charge on any atom is -0.507 e. The Kier molecular flexibility index (Phi) is 4.65. The zero-order valence-corrected chi connectivity index (χ0v) is 15.6. The number of phenolic OH excluding ortho intramolecular Hbond substituents is 2. The first-order valence-electron chi connectivity index (χ1n) is 9.18. The van der Waals surface area contributed by atoms with Crippen molar-refractivity contribution in [2.45, 2.75) is 20.0 Å². The second-order valence-corrected chi connectivity index (χ2v) is 6.85. The Bertz CT molecular complexity index is 1030. The minimum atomic E-state index is -0.339. The molecule has 5 heteroatoms. The van der Waals surface area contributed by atoms with Gasteiger partial charge in [0.15, 0.2) is 0 Å². The zero-order valence-electron chi connectivity index (χ0n) is 15.6. The number of aromatic hydroxyl groups is 2. The Morgan fingerprint density at radius 1 is 1.04 bits per heavy atom. The summed E-state index contributed by atoms with van der Waals surface area (Å²) < 4.78 is 5.92. The van der Waals surface area contributed by atoms with Gasteiger partial charge in [-0.25, -0.2) is 0 Å². The lowest BCUT2D eigenvalue weighted by atomic mass is 10.1. The maximum atomic E-state index is 13.3. The van der Waals surface area contributed by atoms with Crippen molar-refractivity contribution in [1.82, 2.24) is 0 Å². The number of ether oxygens (including phenoxy) is 1. The number of anilines is 1. The summed E-state index contributed by atoms with van der Waals surface area (Å²) in [5.74, 6) is -0.538. The molecule has 1 heterocycles. The molecular formula is C23H21NO4. The number of amides is 1. The number of hydrogen-bond acceptors (Lipinski definition) is 4. The summed E-state index contributed by atoms with van der Waals surface area (Å²) in [5, 5.41) is 20.6. The van der Waals surface area contributed by atoms with Gasteiger partial charge < -0.3 is 19.8 Å². The van der Waals surface area contributed by atoms with Gasteiger partial charge in [0.1, 0.15) is 29.4 Å². The molecule has 0 bridgehead atoms. The molecule has 0 aromatic heterocycles. The van der Waals surface area contributed by atoms with Gasteiger partial charge in [0.25, 0.3) is 5.91 Å². The highest BCUT2D eigenvalue weighted by molar-refractivity contribution is 6.11. The molecular weight excluding hydrogens is 354 g/mol. The predicted octanol–water partition coefficient (Wildman–Crippen LogP) is 4.19. The third-order valence-corrected chi connectivity index (χ3v) is 5.05. The third kappa shape index (κ3) is 3.16. The van der Waals surface area contributed by atoms with E-state index in [4.69, 9.17) is 4.74 Å². The fourth-order valence-corrected chi connectivity index (χ4v) is 3.53. The fourth-order valence-electron chi connectivity index (χ4n) is 3.53. The Morgan fingerprint density at radius 2 is 1.75 bits per heavy atom. The molecule has 3 aromatic carbocycles. The van der Waals surface area contributed by atoms with Crippen molar-refractivity contribution in [3.05, 3.63) is 82.9 Å². The molecule has 1 amide bonds. The molecule has 142 valence electrons. The molecule has 2 N–H and O–H groups in total. The van der Waals surface area contributed by atoms with Crippen molar-refractivity contribution in [2.24, 2.45) is 0 Å². The smallest absolute Gasteiger partial charge is 0.265 e. The number of hydrogen-bond donors (Lipinski definition) is 2. The molecule has 1 aliphatic rings. The van der Waals surface area contributed by atoms with Crippen LogP contribution < -0.4 is 9.64 Å². The second-order valence-electron chi connectivity index (χ2n) is 6.85. The molecule has 4 rings (SSSR count). The highest BCUT2D eigenvalue weighted by atomic mass is 16.5. The summed E-state index contributed by atoms with van der Waals surface area (Å²) in [5.41, 5.74) is 3.35. The van der Waals surface area contributed by atoms with Gasteiger partial charge >= 0.3 is 0 Å². The monoisotopic (exact) mass is 375 g/mol. The molecule has 0 saturated carbocycles. The topological polar surface area (TPSA) is 70.0 Å². The number of carbonyl (C=O) groups excluding carboxylic acids is 1. The first-order chi connectivity index (χ1) is 13.6. The molecule has 28 heavy (non-hydrogen) atoms. The van der Waals surface area contributed by atoms with Gasteiger partial charge in [-0.05, 0) is 30.5 Å². The maximum absolute atomic E-state index is 13.3. The summed E-state index contributed by atoms with van der Waals surface area (Å²) >= 11 is 0. The van der Waals surface area contributed by atoms with Crippen LogP contribution in [-0.2, 0) is 13.0 Å². The van der Waals surface area contributed by atoms with Crippen molar-refractivity contribution in [3.8, 4) is 17.2 Å². The molecule has 0 fully saturated rings. The van der Waals surface area contributed by atoms with Crippen LogP contribution in [0.25, 0.3) is 0 Å². The standard InChI is InChI=1S/C23H21NO4/c1-15-19(25)13-20(26)21(22(15)28-14-16-7-3-2-4-8-16)23(27)24-12-11-17-9-5-6-10-18(17)24/h2-10,13,25-26H,11-12,14H2,1H3. The van der Waals surface area contributed by atoms with Gasteiger partial charge in [-0.2, -0.15) is 0 Å². The number of nitrogens with zero attached hydrogens (tertiary/aromatic N) is 1. The first-order valence-corrected chi connectivity index (χ1v) is 9.18. The number of fused-ring (bicyclic) bond motifs is 1. The predicted molar refractivity (Wildman–Crippen MR) is 107 cm³/mol. The quantitative estimate of drug-likeness (QED) is 0.717. The molecule has 0 saturated heterocycles. The normalized spacial score (nSPS) is 12.7. The van der Waals surface area contributed by atoms with Crippen LogP contribution >= 0.6 is 0 Å². The van der Waals surface area contributed by atoms with E-state index >= 15 is 0 Å². The average Bonchev–Trinajstić information content (AvgIpc) is 3.14. The van der Waals surface area contributed by atoms with E-state index < -0.39 is 0 Å². The maximum Gasteiger partial charge on any atom is 0.265 e. The van der Waals surface area contributed by atoms with E-state index in [1.807, 2.05) is 54.6 Å². The van der Waals surface area contributed by atoms with Crippen LogP contribution in [0.5, 0.6) is 17.2 Å². The van der Waals surface area contributed by atoms with Crippen LogP contribution in [-0.4, -0.2) is 22.7 Å². The Hall–Kier alpha value is -3.47. The number of benzene rings is 3. The Labute approximate surface area is 163 Å². The molecule has 0 unspecified atom stereocenters. The fraction of sp³-hybridized carbons (Fsp3) is 0.174. The van der Waals surface area contributed by atoms with Gasteiger partial charge in [-0.15, -0.1) is 0 Å². The molecule has 0 radical (unpaired) electrons. The minimum absolute atomic E-state index is 0.0722. The van der Waals surface area contributed by atoms with Gasteiger partial charge in [-0.1, -0.05) is 48.5 Å². The second kappa shape index (κ2) is 7.27. The lowest BCUT2D eigenvalue weighted by molar-refractivity contribution is 0.0982. The van der Waals surface area contributed by atoms with Gasteiger partial charge in [0.2, 0.25) is 0 Å². The highest BCUT2D eigenvalue weighted by Gasteiger charge is 2.31. The van der Waals surface area contributed by atoms with Gasteiger partial charge in [-0.3, -0.25) is 4.79 Å². The van der Waals surface area contributed by atoms with Crippen LogP contribution in [0.4, 0.5) is 5.69 Å². The number of para-hydroxylation sites is 1. The van der Waals surface area contributed by atoms with E-state index in [0.717, 1.165) is 23.2 Å². The highest BCUT2D eigenvalue weighted by Crippen LogP contribution is 2.40. The lowest BCUT2D eigenvalue weighted by Crippen LogP contribution is -2.29. The zero-order chi connectivity index (χ0) is 19.7. The SMILES string of the molecule is Cc1c(O)cc(O)c(C(=O)N2CCc3ccccc32)c1OCc1ccccc1. The lowest BCUT2D eigenvalue weighted by Gasteiger charge is -2.22. The first kappa shape index (κ1) is 17.9. The molecule has 0 spiro atoms. The molecule has 3 aromatic rings. The summed E-state index contributed by atoms with van der Waals surface area (Å²) in [6.45, 7) is 2.43. The molecule has 5 nitrogen and oxygen atoms in total. The average molecular weight is 375 g/mol. The van der Waals surface area contributed by atoms with E-state index in [-0.39, 0.29) is 35.3 Å². The molecule has 0 atom stereocenters.